The van der Waals surface area contributed by atoms with Crippen molar-refractivity contribution in [3.63, 3.8) is 0 Å². The monoisotopic (exact) mass is 428 g/mol. The molecule has 0 unspecified atom stereocenters. The van der Waals surface area contributed by atoms with Crippen LogP contribution in [0.3, 0.4) is 0 Å². The van der Waals surface area contributed by atoms with Crippen LogP contribution in [0, 0.1) is 0 Å². The number of benzene rings is 4. The van der Waals surface area contributed by atoms with Crippen LogP contribution in [-0.4, -0.2) is 0 Å². The van der Waals surface area contributed by atoms with E-state index in [2.05, 4.69) is 86.0 Å². The number of anilines is 2. The van der Waals surface area contributed by atoms with Crippen LogP contribution >= 0.6 is 0 Å². The molecule has 4 aromatic carbocycles. The van der Waals surface area contributed by atoms with Gasteiger partial charge in [0.05, 0.1) is 5.41 Å². The summed E-state index contributed by atoms with van der Waals surface area (Å²) in [6, 6.07) is 29.9. The Morgan fingerprint density at radius 1 is 0.545 bits per heavy atom. The van der Waals surface area contributed by atoms with Gasteiger partial charge in [0.15, 0.2) is 0 Å². The molecule has 0 heterocycles. The van der Waals surface area contributed by atoms with Gasteiger partial charge in [-0.2, -0.15) is 0 Å². The zero-order valence-corrected chi connectivity index (χ0v) is 18.7. The Morgan fingerprint density at radius 2 is 0.939 bits per heavy atom. The summed E-state index contributed by atoms with van der Waals surface area (Å²) >= 11 is 0. The molecule has 0 atom stereocenters. The molecule has 0 bridgehead atoms. The summed E-state index contributed by atoms with van der Waals surface area (Å²) in [4.78, 5) is 0. The molecule has 1 aliphatic rings. The van der Waals surface area contributed by atoms with Crippen LogP contribution in [-0.2, 0) is 18.3 Å². The van der Waals surface area contributed by atoms with Crippen molar-refractivity contribution in [2.24, 2.45) is 0 Å². The quantitative estimate of drug-likeness (QED) is 0.234. The minimum Gasteiger partial charge on any atom is -0.398 e. The van der Waals surface area contributed by atoms with Crippen molar-refractivity contribution in [3.05, 3.63) is 144 Å². The van der Waals surface area contributed by atoms with Gasteiger partial charge in [-0.25, -0.2) is 0 Å². The van der Waals surface area contributed by atoms with Crippen LogP contribution in [0.2, 0.25) is 0 Å². The van der Waals surface area contributed by atoms with E-state index in [9.17, 15) is 0 Å². The molecule has 0 aliphatic heterocycles. The van der Waals surface area contributed by atoms with Crippen molar-refractivity contribution in [2.45, 2.75) is 18.3 Å². The molecule has 0 fully saturated rings. The molecule has 0 amide bonds. The van der Waals surface area contributed by atoms with Gasteiger partial charge in [-0.3, -0.25) is 0 Å². The first kappa shape index (κ1) is 20.8. The number of nitrogens with two attached hydrogens (primary N) is 2. The van der Waals surface area contributed by atoms with Gasteiger partial charge in [-0.05, 0) is 69.5 Å². The molecular formula is C31H28N2. The van der Waals surface area contributed by atoms with Crippen LogP contribution < -0.4 is 11.5 Å². The Labute approximate surface area is 195 Å². The molecule has 0 aromatic heterocycles. The highest BCUT2D eigenvalue weighted by Gasteiger charge is 2.48. The van der Waals surface area contributed by atoms with E-state index in [-0.39, 0.29) is 0 Å². The Balaban J connectivity index is 2.03. The van der Waals surface area contributed by atoms with Crippen molar-refractivity contribution in [2.75, 3.05) is 11.5 Å². The van der Waals surface area contributed by atoms with E-state index in [1.165, 1.54) is 33.4 Å². The highest BCUT2D eigenvalue weighted by atomic mass is 14.6. The first-order valence-electron chi connectivity index (χ1n) is 11.3. The third-order valence-electron chi connectivity index (χ3n) is 6.88. The van der Waals surface area contributed by atoms with Gasteiger partial charge in [0.1, 0.15) is 0 Å². The van der Waals surface area contributed by atoms with Gasteiger partial charge in [-0.1, -0.05) is 84.9 Å². The Bertz CT molecular complexity index is 1270. The minimum absolute atomic E-state index is 0.547. The molecule has 2 nitrogen and oxygen atoms in total. The summed E-state index contributed by atoms with van der Waals surface area (Å²) in [6.45, 7) is 8.04. The van der Waals surface area contributed by atoms with Gasteiger partial charge in [-0.15, -0.1) is 13.2 Å². The topological polar surface area (TPSA) is 52.0 Å². The van der Waals surface area contributed by atoms with Gasteiger partial charge >= 0.3 is 0 Å². The standard InChI is InChI=1S/C31H28N2/c1-3-11-23-27(17-9-19-29(23)32)31(28-18-10-20-30(33)24(28)12-4-2)25-15-7-5-13-21(25)22-14-6-8-16-26(22)31/h3-10,13-20H,1-2,11-12,32-33H2. The summed E-state index contributed by atoms with van der Waals surface area (Å²) in [5.41, 5.74) is 23.7. The second-order valence-electron chi connectivity index (χ2n) is 8.57. The van der Waals surface area contributed by atoms with Crippen LogP contribution in [0.5, 0.6) is 0 Å². The third kappa shape index (κ3) is 2.95. The van der Waals surface area contributed by atoms with E-state index in [0.29, 0.717) is 12.8 Å². The molecular weight excluding hydrogens is 400 g/mol. The molecule has 162 valence electrons. The minimum atomic E-state index is -0.547. The smallest absolute Gasteiger partial charge is 0.0720 e. The summed E-state index contributed by atoms with van der Waals surface area (Å²) in [6.07, 6.45) is 5.24. The van der Waals surface area contributed by atoms with E-state index in [4.69, 9.17) is 11.5 Å². The number of hydrogen-bond acceptors (Lipinski definition) is 2. The number of hydrogen-bond donors (Lipinski definition) is 2. The summed E-state index contributed by atoms with van der Waals surface area (Å²) in [7, 11) is 0. The zero-order chi connectivity index (χ0) is 23.0. The lowest BCUT2D eigenvalue weighted by molar-refractivity contribution is 0.748. The SMILES string of the molecule is C=CCc1c(N)cccc1C1(c2cccc(N)c2CC=C)c2ccccc2-c2ccccc21. The van der Waals surface area contributed by atoms with Gasteiger partial charge in [0, 0.05) is 11.4 Å². The number of rotatable bonds is 6. The summed E-state index contributed by atoms with van der Waals surface area (Å²) < 4.78 is 0. The highest BCUT2D eigenvalue weighted by Crippen LogP contribution is 2.58. The lowest BCUT2D eigenvalue weighted by atomic mass is 9.64. The van der Waals surface area contributed by atoms with Crippen molar-refractivity contribution < 1.29 is 0 Å². The Kier molecular flexibility index (Phi) is 5.14. The maximum Gasteiger partial charge on any atom is 0.0720 e. The second kappa shape index (κ2) is 8.14. The van der Waals surface area contributed by atoms with E-state index in [1.54, 1.807) is 0 Å². The largest absolute Gasteiger partial charge is 0.398 e. The van der Waals surface area contributed by atoms with Gasteiger partial charge < -0.3 is 11.5 Å². The molecule has 0 spiro atoms. The van der Waals surface area contributed by atoms with Crippen LogP contribution in [0.1, 0.15) is 33.4 Å². The van der Waals surface area contributed by atoms with Crippen molar-refractivity contribution >= 4 is 11.4 Å². The first-order chi connectivity index (χ1) is 16.1. The van der Waals surface area contributed by atoms with Gasteiger partial charge in [0.25, 0.3) is 0 Å². The van der Waals surface area contributed by atoms with Crippen molar-refractivity contribution in [1.29, 1.82) is 0 Å². The average Bonchev–Trinajstić information content (AvgIpc) is 3.13. The Hall–Kier alpha value is -4.04. The number of fused-ring (bicyclic) bond motifs is 3. The van der Waals surface area contributed by atoms with Crippen LogP contribution in [0.15, 0.2) is 110 Å². The molecule has 2 heteroatoms. The molecule has 5 rings (SSSR count). The predicted octanol–water partition coefficient (Wildman–Crippen LogP) is 6.67. The summed E-state index contributed by atoms with van der Waals surface area (Å²) in [5.74, 6) is 0. The lowest BCUT2D eigenvalue weighted by Crippen LogP contribution is -2.32. The molecule has 0 saturated heterocycles. The van der Waals surface area contributed by atoms with Crippen LogP contribution in [0.25, 0.3) is 11.1 Å². The first-order valence-corrected chi connectivity index (χ1v) is 11.3. The molecule has 33 heavy (non-hydrogen) atoms. The van der Waals surface area contributed by atoms with Gasteiger partial charge in [0.2, 0.25) is 0 Å². The fourth-order valence-corrected chi connectivity index (χ4v) is 5.62. The van der Waals surface area contributed by atoms with E-state index in [1.807, 2.05) is 24.3 Å². The average molecular weight is 429 g/mol. The maximum absolute atomic E-state index is 6.59. The lowest BCUT2D eigenvalue weighted by Gasteiger charge is -2.37. The second-order valence-corrected chi connectivity index (χ2v) is 8.57. The molecule has 0 saturated carbocycles. The third-order valence-corrected chi connectivity index (χ3v) is 6.88. The zero-order valence-electron chi connectivity index (χ0n) is 18.7. The van der Waals surface area contributed by atoms with E-state index < -0.39 is 5.41 Å². The van der Waals surface area contributed by atoms with Crippen molar-refractivity contribution in [3.8, 4) is 11.1 Å². The van der Waals surface area contributed by atoms with Crippen molar-refractivity contribution in [1.82, 2.24) is 0 Å². The van der Waals surface area contributed by atoms with E-state index in [0.717, 1.165) is 22.5 Å². The normalized spacial score (nSPS) is 13.2. The molecule has 1 aliphatic carbocycles. The molecule has 0 radical (unpaired) electrons. The number of allylic oxidation sites excluding steroid dienone is 2. The molecule has 4 N–H and O–H groups in total. The maximum atomic E-state index is 6.59. The summed E-state index contributed by atoms with van der Waals surface area (Å²) in [5, 5.41) is 0. The fraction of sp³-hybridized carbons (Fsp3) is 0.0968. The van der Waals surface area contributed by atoms with Crippen LogP contribution in [0.4, 0.5) is 11.4 Å². The van der Waals surface area contributed by atoms with E-state index >= 15 is 0 Å². The Morgan fingerprint density at radius 3 is 1.36 bits per heavy atom. The fourth-order valence-electron chi connectivity index (χ4n) is 5.62. The highest BCUT2D eigenvalue weighted by molar-refractivity contribution is 5.88. The number of nitrogen functional groups attached to an aromatic ring is 2. The predicted molar refractivity (Wildman–Crippen MR) is 140 cm³/mol. The molecule has 4 aromatic rings.